The smallest absolute Gasteiger partial charge is 0.426 e. The van der Waals surface area contributed by atoms with Crippen LogP contribution in [-0.2, 0) is 35.2 Å². The third-order valence-corrected chi connectivity index (χ3v) is 8.68. The molecule has 44 heavy (non-hydrogen) atoms. The minimum atomic E-state index is -4.77. The molecule has 0 radical (unpaired) electrons. The molecule has 3 aliphatic rings. The van der Waals surface area contributed by atoms with Gasteiger partial charge in [0.2, 0.25) is 5.82 Å². The Kier molecular flexibility index (Phi) is 6.90. The first-order valence-corrected chi connectivity index (χ1v) is 13.6. The normalized spacial score (nSPS) is 25.8. The van der Waals surface area contributed by atoms with Crippen molar-refractivity contribution in [3.8, 4) is 0 Å². The Hall–Kier alpha value is -3.25. The van der Waals surface area contributed by atoms with E-state index >= 15 is 0 Å². The summed E-state index contributed by atoms with van der Waals surface area (Å²) < 4.78 is 139. The number of fused-ring (bicyclic) bond motifs is 4. The number of imidazole rings is 1. The van der Waals surface area contributed by atoms with Gasteiger partial charge >= 0.3 is 18.5 Å². The molecule has 1 saturated carbocycles. The van der Waals surface area contributed by atoms with Crippen molar-refractivity contribution in [2.75, 3.05) is 18.5 Å². The van der Waals surface area contributed by atoms with Crippen molar-refractivity contribution in [3.05, 3.63) is 71.3 Å². The second-order valence-corrected chi connectivity index (χ2v) is 11.2. The number of hydrogen-bond donors (Lipinski definition) is 0. The lowest BCUT2D eigenvalue weighted by Crippen LogP contribution is -2.33. The van der Waals surface area contributed by atoms with E-state index in [4.69, 9.17) is 4.89 Å². The zero-order valence-electron chi connectivity index (χ0n) is 22.7. The van der Waals surface area contributed by atoms with Crippen LogP contribution in [0.3, 0.4) is 0 Å². The number of anilines is 1. The first kappa shape index (κ1) is 30.8. The van der Waals surface area contributed by atoms with Crippen LogP contribution < -0.4 is 14.0 Å². The third kappa shape index (κ3) is 4.76. The van der Waals surface area contributed by atoms with Gasteiger partial charge < -0.3 is 4.55 Å². The predicted molar refractivity (Wildman–Crippen MR) is 139 cm³/mol. The van der Waals surface area contributed by atoms with E-state index < -0.39 is 47.8 Å². The molecule has 3 atom stereocenters. The fraction of sp³-hybridized carbons (Fsp3) is 0.370. The monoisotopic (exact) mass is 653 g/mol. The highest BCUT2D eigenvalue weighted by Gasteiger charge is 2.90. The number of hydrogen-bond acceptors (Lipinski definition) is 5. The van der Waals surface area contributed by atoms with Crippen molar-refractivity contribution >= 4 is 40.8 Å². The van der Waals surface area contributed by atoms with Crippen LogP contribution in [0.5, 0.6) is 0 Å². The molecule has 1 aliphatic carbocycles. The molecule has 0 amide bonds. The Morgan fingerprint density at radius 1 is 1.05 bits per heavy atom. The number of alkyl halides is 9. The molecule has 1 saturated heterocycles. The Bertz CT molecular complexity index is 1720. The summed E-state index contributed by atoms with van der Waals surface area (Å²) in [7, 11) is 3.05. The van der Waals surface area contributed by atoms with Crippen LogP contribution in [0.4, 0.5) is 50.9 Å². The van der Waals surface area contributed by atoms with Gasteiger partial charge in [0.1, 0.15) is 12.2 Å². The van der Waals surface area contributed by atoms with E-state index in [0.29, 0.717) is 36.2 Å². The Morgan fingerprint density at radius 3 is 2.34 bits per heavy atom. The van der Waals surface area contributed by atoms with E-state index in [1.165, 1.54) is 35.9 Å². The van der Waals surface area contributed by atoms with Crippen LogP contribution in [0, 0.1) is 0 Å². The number of quaternary nitrogens is 1. The molecule has 6 rings (SSSR count). The van der Waals surface area contributed by atoms with Crippen LogP contribution in [0.2, 0.25) is 0 Å². The maximum Gasteiger partial charge on any atom is 0.426 e. The summed E-state index contributed by atoms with van der Waals surface area (Å²) in [6, 6.07) is 5.86. The highest BCUT2D eigenvalue weighted by molar-refractivity contribution is 7.88. The van der Waals surface area contributed by atoms with E-state index in [9.17, 15) is 44.1 Å². The highest BCUT2D eigenvalue weighted by atomic mass is 32.2. The summed E-state index contributed by atoms with van der Waals surface area (Å²) >= 11 is -0.267. The summed E-state index contributed by atoms with van der Waals surface area (Å²) in [5.74, 6) is 0.420. The summed E-state index contributed by atoms with van der Waals surface area (Å²) in [6.45, 7) is -1.25. The van der Waals surface area contributed by atoms with Crippen molar-refractivity contribution in [1.29, 1.82) is 0 Å². The zero-order chi connectivity index (χ0) is 32.0. The Morgan fingerprint density at radius 2 is 1.70 bits per heavy atom. The van der Waals surface area contributed by atoms with Crippen LogP contribution in [0.15, 0.2) is 54.4 Å². The number of rotatable bonds is 6. The molecule has 2 fully saturated rings. The van der Waals surface area contributed by atoms with Crippen LogP contribution in [0.25, 0.3) is 17.1 Å². The molecule has 236 valence electrons. The standard InChI is InChI=1S/C27H22F9N4O3S/c1-37-17-8-6-15(26(31,32)33)10-19(17)39(13-25(28,29)30)22(37)4-3-5-23-38(2)18-9-7-16(27(34,35)36)11-20(18)40(23)14-24(40)12-21(24)42-43-44-41/h3-11,21H,12-14H2,1-2H3/q+1. The molecule has 0 N–H and O–H groups in total. The molecule has 7 nitrogen and oxygen atoms in total. The van der Waals surface area contributed by atoms with E-state index in [-0.39, 0.29) is 33.7 Å². The minimum absolute atomic E-state index is 0.0633. The lowest BCUT2D eigenvalue weighted by Gasteiger charge is -2.18. The van der Waals surface area contributed by atoms with Gasteiger partial charge in [-0.3, -0.25) is 4.90 Å². The van der Waals surface area contributed by atoms with Crippen molar-refractivity contribution < 1.29 is 57.9 Å². The fourth-order valence-electron chi connectivity index (χ4n) is 6.45. The molecular weight excluding hydrogens is 631 g/mol. The second kappa shape index (κ2) is 9.87. The largest absolute Gasteiger partial charge is 0.774 e. The quantitative estimate of drug-likeness (QED) is 0.0569. The number of nitrogens with zero attached hydrogens (tertiary/aromatic N) is 4. The fourth-order valence-corrected chi connectivity index (χ4v) is 6.58. The van der Waals surface area contributed by atoms with Gasteiger partial charge in [-0.2, -0.15) is 43.8 Å². The van der Waals surface area contributed by atoms with Crippen molar-refractivity contribution in [2.45, 2.75) is 43.1 Å². The number of allylic oxidation sites excluding steroid dienone is 2. The predicted octanol–water partition coefficient (Wildman–Crippen LogP) is 6.63. The molecule has 3 unspecified atom stereocenters. The molecule has 17 heteroatoms. The van der Waals surface area contributed by atoms with E-state index in [1.54, 1.807) is 11.9 Å². The summed E-state index contributed by atoms with van der Waals surface area (Å²) in [4.78, 5) is 6.80. The van der Waals surface area contributed by atoms with Crippen LogP contribution in [0.1, 0.15) is 23.4 Å². The Labute approximate surface area is 247 Å². The van der Waals surface area contributed by atoms with Gasteiger partial charge in [-0.1, -0.05) is 12.3 Å². The lowest BCUT2D eigenvalue weighted by molar-refractivity contribution is -0.647. The maximum atomic E-state index is 13.7. The third-order valence-electron chi connectivity index (χ3n) is 8.54. The van der Waals surface area contributed by atoms with Gasteiger partial charge in [0.05, 0.1) is 18.2 Å². The molecule has 2 spiro atoms. The summed E-state index contributed by atoms with van der Waals surface area (Å²) in [6.07, 6.45) is -10.1. The average Bonchev–Trinajstić information content (AvgIpc) is 3.77. The van der Waals surface area contributed by atoms with Gasteiger partial charge in [-0.25, -0.2) is 18.5 Å². The first-order valence-electron chi connectivity index (χ1n) is 13.0. The topological polar surface area (TPSA) is 53.6 Å². The van der Waals surface area contributed by atoms with Crippen molar-refractivity contribution in [1.82, 2.24) is 9.05 Å². The summed E-state index contributed by atoms with van der Waals surface area (Å²) in [5, 5.41) is 0. The Balaban J connectivity index is 1.44. The average molecular weight is 654 g/mol. The molecule has 1 aromatic heterocycles. The number of halogens is 9. The maximum absolute atomic E-state index is 13.7. The molecule has 3 heterocycles. The highest BCUT2D eigenvalue weighted by Crippen LogP contribution is 2.71. The van der Waals surface area contributed by atoms with Crippen LogP contribution in [-0.4, -0.2) is 40.5 Å². The number of aromatic nitrogens is 2. The SMILES string of the molecule is CN1/C(=C\C=C\c2n(CC(F)(F)F)c3cc(C(F)(F)F)ccc3[n+]2C)[N+]2(CC23CC3OOS[O-])c2cc(C(F)(F)F)ccc21. The number of aryl methyl sites for hydroxylation is 1. The molecule has 2 aromatic carbocycles. The molecular formula is C27H22F9N4O3S+. The zero-order valence-corrected chi connectivity index (χ0v) is 23.5. The van der Waals surface area contributed by atoms with Crippen LogP contribution >= 0.6 is 12.3 Å². The van der Waals surface area contributed by atoms with Gasteiger partial charge in [0.25, 0.3) is 5.82 Å². The van der Waals surface area contributed by atoms with E-state index in [2.05, 4.69) is 4.33 Å². The first-order chi connectivity index (χ1) is 20.4. The second-order valence-electron chi connectivity index (χ2n) is 11.0. The van der Waals surface area contributed by atoms with Crippen molar-refractivity contribution in [3.63, 3.8) is 0 Å². The molecule has 3 aromatic rings. The minimum Gasteiger partial charge on any atom is -0.774 e. The van der Waals surface area contributed by atoms with E-state index in [1.807, 2.05) is 0 Å². The van der Waals surface area contributed by atoms with Gasteiger partial charge in [0.15, 0.2) is 34.9 Å². The van der Waals surface area contributed by atoms with Crippen molar-refractivity contribution in [2.24, 2.45) is 7.05 Å². The van der Waals surface area contributed by atoms with Gasteiger partial charge in [-0.05, 0) is 30.3 Å². The summed E-state index contributed by atoms with van der Waals surface area (Å²) in [5.41, 5.74) is -2.04. The number of benzene rings is 2. The van der Waals surface area contributed by atoms with Gasteiger partial charge in [-0.15, -0.1) is 0 Å². The lowest BCUT2D eigenvalue weighted by atomic mass is 10.1. The molecule has 2 aliphatic heterocycles. The van der Waals surface area contributed by atoms with E-state index in [0.717, 1.165) is 28.8 Å². The van der Waals surface area contributed by atoms with Gasteiger partial charge in [0, 0.05) is 37.8 Å². The molecule has 0 bridgehead atoms.